The Morgan fingerprint density at radius 3 is 2.39 bits per heavy atom. The summed E-state index contributed by atoms with van der Waals surface area (Å²) in [6.45, 7) is 5.03. The number of hydrogen-bond donors (Lipinski definition) is 0. The highest BCUT2D eigenvalue weighted by molar-refractivity contribution is 5.70. The molecule has 7 nitrogen and oxygen atoms in total. The standard InChI is InChI=1S/C21H22N4O3/c1-15-4-6-16(7-5-15)19-23-24-20(28-19)17-3-2-10-22-18(17)25-11-8-21(9-12-25)26-13-14-27-21/h2-7,10H,8-9,11-14H2,1H3. The molecule has 2 saturated heterocycles. The van der Waals surface area contributed by atoms with E-state index in [1.165, 1.54) is 5.56 Å². The third-order valence-corrected chi connectivity index (χ3v) is 5.38. The Bertz CT molecular complexity index is 954. The molecule has 2 aromatic heterocycles. The first kappa shape index (κ1) is 17.3. The maximum absolute atomic E-state index is 5.98. The number of benzene rings is 1. The molecule has 0 bridgehead atoms. The van der Waals surface area contributed by atoms with E-state index in [2.05, 4.69) is 27.0 Å². The molecule has 2 aliphatic heterocycles. The molecule has 0 atom stereocenters. The first-order valence-electron chi connectivity index (χ1n) is 9.61. The van der Waals surface area contributed by atoms with Crippen molar-refractivity contribution in [2.45, 2.75) is 25.6 Å². The predicted molar refractivity (Wildman–Crippen MR) is 104 cm³/mol. The molecule has 5 rings (SSSR count). The topological polar surface area (TPSA) is 73.5 Å². The van der Waals surface area contributed by atoms with Crippen molar-refractivity contribution in [1.82, 2.24) is 15.2 Å². The number of rotatable bonds is 3. The maximum atomic E-state index is 5.98. The van der Waals surface area contributed by atoms with Gasteiger partial charge in [-0.2, -0.15) is 0 Å². The van der Waals surface area contributed by atoms with E-state index < -0.39 is 5.79 Å². The van der Waals surface area contributed by atoms with Crippen molar-refractivity contribution < 1.29 is 13.9 Å². The second-order valence-electron chi connectivity index (χ2n) is 7.25. The number of hydrogen-bond acceptors (Lipinski definition) is 7. The molecule has 4 heterocycles. The second-order valence-corrected chi connectivity index (χ2v) is 7.25. The quantitative estimate of drug-likeness (QED) is 0.691. The predicted octanol–water partition coefficient (Wildman–Crippen LogP) is 3.45. The first-order valence-corrected chi connectivity index (χ1v) is 9.61. The van der Waals surface area contributed by atoms with Gasteiger partial charge in [-0.25, -0.2) is 4.98 Å². The maximum Gasteiger partial charge on any atom is 0.251 e. The summed E-state index contributed by atoms with van der Waals surface area (Å²) in [5.74, 6) is 1.44. The van der Waals surface area contributed by atoms with Gasteiger partial charge in [0.1, 0.15) is 5.82 Å². The largest absolute Gasteiger partial charge is 0.416 e. The molecule has 144 valence electrons. The summed E-state index contributed by atoms with van der Waals surface area (Å²) in [6, 6.07) is 11.9. The van der Waals surface area contributed by atoms with E-state index >= 15 is 0 Å². The minimum Gasteiger partial charge on any atom is -0.416 e. The monoisotopic (exact) mass is 378 g/mol. The van der Waals surface area contributed by atoms with Crippen molar-refractivity contribution >= 4 is 5.82 Å². The second kappa shape index (κ2) is 7.00. The number of piperidine rings is 1. The molecule has 0 unspecified atom stereocenters. The van der Waals surface area contributed by atoms with Crippen LogP contribution in [0.3, 0.4) is 0 Å². The summed E-state index contributed by atoms with van der Waals surface area (Å²) in [5.41, 5.74) is 2.94. The van der Waals surface area contributed by atoms with Crippen LogP contribution in [-0.2, 0) is 9.47 Å². The molecule has 1 spiro atoms. The Kier molecular flexibility index (Phi) is 4.33. The molecule has 2 aliphatic rings. The molecule has 3 aromatic rings. The van der Waals surface area contributed by atoms with E-state index in [4.69, 9.17) is 13.9 Å². The molecule has 7 heteroatoms. The number of aromatic nitrogens is 3. The van der Waals surface area contributed by atoms with Crippen molar-refractivity contribution in [3.8, 4) is 22.9 Å². The van der Waals surface area contributed by atoms with Gasteiger partial charge in [0.2, 0.25) is 5.89 Å². The van der Waals surface area contributed by atoms with E-state index in [0.29, 0.717) is 25.0 Å². The van der Waals surface area contributed by atoms with E-state index in [-0.39, 0.29) is 0 Å². The number of ether oxygens (including phenoxy) is 2. The van der Waals surface area contributed by atoms with Gasteiger partial charge in [0.15, 0.2) is 5.79 Å². The Balaban J connectivity index is 1.41. The van der Waals surface area contributed by atoms with E-state index in [1.54, 1.807) is 6.20 Å². The smallest absolute Gasteiger partial charge is 0.251 e. The minimum atomic E-state index is -0.408. The van der Waals surface area contributed by atoms with Crippen LogP contribution in [0.5, 0.6) is 0 Å². The van der Waals surface area contributed by atoms with Crippen molar-refractivity contribution in [3.63, 3.8) is 0 Å². The molecule has 28 heavy (non-hydrogen) atoms. The lowest BCUT2D eigenvalue weighted by Gasteiger charge is -2.38. The lowest BCUT2D eigenvalue weighted by Crippen LogP contribution is -2.45. The van der Waals surface area contributed by atoms with E-state index in [0.717, 1.165) is 42.9 Å². The highest BCUT2D eigenvalue weighted by Gasteiger charge is 2.40. The van der Waals surface area contributed by atoms with Crippen molar-refractivity contribution in [2.75, 3.05) is 31.2 Å². The summed E-state index contributed by atoms with van der Waals surface area (Å²) in [5, 5.41) is 8.51. The molecule has 0 N–H and O–H groups in total. The number of pyridine rings is 1. The van der Waals surface area contributed by atoms with Gasteiger partial charge >= 0.3 is 0 Å². The van der Waals surface area contributed by atoms with Gasteiger partial charge in [-0.3, -0.25) is 0 Å². The summed E-state index contributed by atoms with van der Waals surface area (Å²) in [7, 11) is 0. The molecule has 0 aliphatic carbocycles. The van der Waals surface area contributed by atoms with Crippen molar-refractivity contribution in [1.29, 1.82) is 0 Å². The molecule has 0 saturated carbocycles. The van der Waals surface area contributed by atoms with Crippen molar-refractivity contribution in [3.05, 3.63) is 48.2 Å². The van der Waals surface area contributed by atoms with Crippen LogP contribution in [0.15, 0.2) is 47.0 Å². The Morgan fingerprint density at radius 1 is 0.929 bits per heavy atom. The summed E-state index contributed by atoms with van der Waals surface area (Å²) >= 11 is 0. The fourth-order valence-corrected chi connectivity index (χ4v) is 3.81. The highest BCUT2D eigenvalue weighted by atomic mass is 16.7. The summed E-state index contributed by atoms with van der Waals surface area (Å²) in [4.78, 5) is 6.84. The minimum absolute atomic E-state index is 0.408. The van der Waals surface area contributed by atoms with Gasteiger partial charge in [0.25, 0.3) is 5.89 Å². The Morgan fingerprint density at radius 2 is 1.64 bits per heavy atom. The first-order chi connectivity index (χ1) is 13.7. The lowest BCUT2D eigenvalue weighted by molar-refractivity contribution is -0.169. The van der Waals surface area contributed by atoms with Crippen LogP contribution < -0.4 is 4.90 Å². The van der Waals surface area contributed by atoms with Gasteiger partial charge in [-0.15, -0.1) is 10.2 Å². The third-order valence-electron chi connectivity index (χ3n) is 5.38. The number of anilines is 1. The zero-order valence-corrected chi connectivity index (χ0v) is 15.8. The van der Waals surface area contributed by atoms with Gasteiger partial charge in [-0.05, 0) is 31.2 Å². The zero-order chi connectivity index (χ0) is 19.0. The van der Waals surface area contributed by atoms with Gasteiger partial charge in [0.05, 0.1) is 18.8 Å². The van der Waals surface area contributed by atoms with Crippen LogP contribution in [0.1, 0.15) is 18.4 Å². The van der Waals surface area contributed by atoms with Gasteiger partial charge in [0, 0.05) is 37.7 Å². The Hall–Kier alpha value is -2.77. The molecule has 2 fully saturated rings. The molecular weight excluding hydrogens is 356 g/mol. The summed E-state index contributed by atoms with van der Waals surface area (Å²) in [6.07, 6.45) is 3.44. The SMILES string of the molecule is Cc1ccc(-c2nnc(-c3cccnc3N3CCC4(CC3)OCCO4)o2)cc1. The lowest BCUT2D eigenvalue weighted by atomic mass is 10.0. The Labute approximate surface area is 163 Å². The van der Waals surface area contributed by atoms with Crippen LogP contribution in [0.2, 0.25) is 0 Å². The highest BCUT2D eigenvalue weighted by Crippen LogP contribution is 2.36. The fourth-order valence-electron chi connectivity index (χ4n) is 3.81. The van der Waals surface area contributed by atoms with Crippen molar-refractivity contribution in [2.24, 2.45) is 0 Å². The zero-order valence-electron chi connectivity index (χ0n) is 15.8. The molecule has 1 aromatic carbocycles. The van der Waals surface area contributed by atoms with Crippen LogP contribution in [0.4, 0.5) is 5.82 Å². The van der Waals surface area contributed by atoms with Crippen LogP contribution >= 0.6 is 0 Å². The molecular formula is C21H22N4O3. The van der Waals surface area contributed by atoms with E-state index in [1.807, 2.05) is 36.4 Å². The van der Waals surface area contributed by atoms with E-state index in [9.17, 15) is 0 Å². The van der Waals surface area contributed by atoms with Gasteiger partial charge in [-0.1, -0.05) is 17.7 Å². The molecule has 0 amide bonds. The van der Waals surface area contributed by atoms with Crippen LogP contribution in [-0.4, -0.2) is 47.3 Å². The van der Waals surface area contributed by atoms with Gasteiger partial charge < -0.3 is 18.8 Å². The summed E-state index contributed by atoms with van der Waals surface area (Å²) < 4.78 is 17.6. The molecule has 0 radical (unpaired) electrons. The normalized spacial score (nSPS) is 18.7. The van der Waals surface area contributed by atoms with Crippen LogP contribution in [0.25, 0.3) is 22.9 Å². The number of nitrogens with zero attached hydrogens (tertiary/aromatic N) is 4. The average Bonchev–Trinajstić information content (AvgIpc) is 3.40. The number of aryl methyl sites for hydroxylation is 1. The fraction of sp³-hybridized carbons (Fsp3) is 0.381. The van der Waals surface area contributed by atoms with Crippen LogP contribution in [0, 0.1) is 6.92 Å². The third kappa shape index (κ3) is 3.16. The average molecular weight is 378 g/mol.